The van der Waals surface area contributed by atoms with Crippen LogP contribution in [0.4, 0.5) is 5.69 Å². The molecule has 6 nitrogen and oxygen atoms in total. The highest BCUT2D eigenvalue weighted by molar-refractivity contribution is 7.92. The third-order valence-corrected chi connectivity index (χ3v) is 7.83. The molecule has 1 aliphatic carbocycles. The Hall–Kier alpha value is -3.03. The van der Waals surface area contributed by atoms with Crippen LogP contribution < -0.4 is 9.04 Å². The Morgan fingerprint density at radius 2 is 1.67 bits per heavy atom. The Bertz CT molecular complexity index is 1220. The molecule has 33 heavy (non-hydrogen) atoms. The molecule has 1 saturated carbocycles. The molecule has 0 aromatic heterocycles. The minimum absolute atomic E-state index is 0.151. The minimum Gasteiger partial charge on any atom is -0.487 e. The summed E-state index contributed by atoms with van der Waals surface area (Å²) < 4.78 is 35.0. The van der Waals surface area contributed by atoms with Gasteiger partial charge in [-0.05, 0) is 60.9 Å². The zero-order chi connectivity index (χ0) is 23.4. The molecule has 0 saturated heterocycles. The van der Waals surface area contributed by atoms with Crippen LogP contribution in [0.1, 0.15) is 41.6 Å². The van der Waals surface area contributed by atoms with Gasteiger partial charge in [-0.2, -0.15) is 0 Å². The van der Waals surface area contributed by atoms with Gasteiger partial charge in [-0.15, -0.1) is 0 Å². The highest BCUT2D eigenvalue weighted by Crippen LogP contribution is 2.40. The number of carboxylic acid groups (broad SMARTS) is 1. The summed E-state index contributed by atoms with van der Waals surface area (Å²) in [6.07, 6.45) is 3.43. The number of anilines is 1. The standard InChI is InChI=1S/C25H24ClNO5S/c26-20-14-15-24(32-17-18-10-12-19(13-11-18)25(28)29)23(16-20)27(21-6-4-5-7-21)33(30,31)22-8-2-1-3-9-22/h1-3,8-16,21H,4-7,17H2,(H,28,29). The van der Waals surface area contributed by atoms with Gasteiger partial charge in [0.2, 0.25) is 0 Å². The number of nitrogens with zero attached hydrogens (tertiary/aromatic N) is 1. The smallest absolute Gasteiger partial charge is 0.335 e. The number of carboxylic acids is 1. The van der Waals surface area contributed by atoms with E-state index in [1.165, 1.54) is 16.4 Å². The Labute approximate surface area is 198 Å². The number of hydrogen-bond donors (Lipinski definition) is 1. The monoisotopic (exact) mass is 485 g/mol. The van der Waals surface area contributed by atoms with Gasteiger partial charge >= 0.3 is 5.97 Å². The van der Waals surface area contributed by atoms with Gasteiger partial charge in [0.15, 0.2) is 0 Å². The molecule has 1 fully saturated rings. The largest absolute Gasteiger partial charge is 0.487 e. The van der Waals surface area contributed by atoms with Gasteiger partial charge < -0.3 is 9.84 Å². The van der Waals surface area contributed by atoms with E-state index in [4.69, 9.17) is 21.4 Å². The molecule has 0 unspecified atom stereocenters. The van der Waals surface area contributed by atoms with Gasteiger partial charge in [0, 0.05) is 11.1 Å². The van der Waals surface area contributed by atoms with Crippen LogP contribution in [0.3, 0.4) is 0 Å². The average Bonchev–Trinajstić information content (AvgIpc) is 3.33. The summed E-state index contributed by atoms with van der Waals surface area (Å²) in [5.41, 5.74) is 1.35. The topological polar surface area (TPSA) is 83.9 Å². The van der Waals surface area contributed by atoms with Crippen LogP contribution in [-0.4, -0.2) is 25.5 Å². The fourth-order valence-corrected chi connectivity index (χ4v) is 5.96. The van der Waals surface area contributed by atoms with E-state index in [0.29, 0.717) is 16.5 Å². The highest BCUT2D eigenvalue weighted by Gasteiger charge is 2.35. The van der Waals surface area contributed by atoms with Crippen LogP contribution in [0.2, 0.25) is 5.02 Å². The molecule has 8 heteroatoms. The summed E-state index contributed by atoms with van der Waals surface area (Å²) in [4.78, 5) is 11.3. The van der Waals surface area contributed by atoms with E-state index in [9.17, 15) is 13.2 Å². The van der Waals surface area contributed by atoms with E-state index in [1.807, 2.05) is 0 Å². The summed E-state index contributed by atoms with van der Waals surface area (Å²) in [5.74, 6) is -0.603. The van der Waals surface area contributed by atoms with E-state index in [2.05, 4.69) is 0 Å². The molecule has 0 aliphatic heterocycles. The number of carbonyl (C=O) groups is 1. The third-order valence-electron chi connectivity index (χ3n) is 5.71. The van der Waals surface area contributed by atoms with Crippen molar-refractivity contribution < 1.29 is 23.1 Å². The molecule has 0 spiro atoms. The number of benzene rings is 3. The van der Waals surface area contributed by atoms with Crippen LogP contribution in [0.25, 0.3) is 0 Å². The highest BCUT2D eigenvalue weighted by atomic mass is 35.5. The zero-order valence-corrected chi connectivity index (χ0v) is 19.4. The van der Waals surface area contributed by atoms with E-state index < -0.39 is 16.0 Å². The molecule has 1 N–H and O–H groups in total. The van der Waals surface area contributed by atoms with Gasteiger partial charge in [0.25, 0.3) is 10.0 Å². The lowest BCUT2D eigenvalue weighted by Crippen LogP contribution is -2.39. The fraction of sp³-hybridized carbons (Fsp3) is 0.240. The SMILES string of the molecule is O=C(O)c1ccc(COc2ccc(Cl)cc2N(C2CCCC2)S(=O)(=O)c2ccccc2)cc1. The quantitative estimate of drug-likeness (QED) is 0.439. The molecular formula is C25H24ClNO5S. The second-order valence-corrected chi connectivity index (χ2v) is 10.2. The normalized spacial score (nSPS) is 14.2. The maximum absolute atomic E-state index is 13.7. The van der Waals surface area contributed by atoms with E-state index >= 15 is 0 Å². The van der Waals surface area contributed by atoms with Crippen LogP contribution >= 0.6 is 11.6 Å². The van der Waals surface area contributed by atoms with Crippen LogP contribution in [0, 0.1) is 0 Å². The second kappa shape index (κ2) is 9.85. The van der Waals surface area contributed by atoms with Crippen LogP contribution in [-0.2, 0) is 16.6 Å². The van der Waals surface area contributed by atoms with Crippen LogP contribution in [0.15, 0.2) is 77.7 Å². The maximum atomic E-state index is 13.7. The first-order valence-electron chi connectivity index (χ1n) is 10.7. The third kappa shape index (κ3) is 5.15. The Morgan fingerprint density at radius 3 is 2.30 bits per heavy atom. The van der Waals surface area contributed by atoms with Crippen molar-refractivity contribution in [1.29, 1.82) is 0 Å². The number of aromatic carboxylic acids is 1. The molecule has 3 aromatic rings. The van der Waals surface area contributed by atoms with Crippen molar-refractivity contribution in [3.8, 4) is 5.75 Å². The molecule has 0 heterocycles. The fourth-order valence-electron chi connectivity index (χ4n) is 4.06. The van der Waals surface area contributed by atoms with Gasteiger partial charge in [-0.3, -0.25) is 4.31 Å². The maximum Gasteiger partial charge on any atom is 0.335 e. The lowest BCUT2D eigenvalue weighted by molar-refractivity contribution is 0.0697. The molecule has 3 aromatic carbocycles. The van der Waals surface area contributed by atoms with Gasteiger partial charge in [0.05, 0.1) is 16.1 Å². The molecule has 0 atom stereocenters. The summed E-state index contributed by atoms with van der Waals surface area (Å²) in [7, 11) is -3.85. The Kier molecular flexibility index (Phi) is 6.91. The van der Waals surface area contributed by atoms with Crippen molar-refractivity contribution in [2.24, 2.45) is 0 Å². The van der Waals surface area contributed by atoms with Crippen molar-refractivity contribution in [3.05, 3.63) is 88.9 Å². The summed E-state index contributed by atoms with van der Waals surface area (Å²) >= 11 is 6.30. The lowest BCUT2D eigenvalue weighted by Gasteiger charge is -2.31. The number of hydrogen-bond acceptors (Lipinski definition) is 4. The van der Waals surface area contributed by atoms with Gasteiger partial charge in [0.1, 0.15) is 12.4 Å². The first kappa shape index (κ1) is 23.1. The molecule has 172 valence electrons. The van der Waals surface area contributed by atoms with Gasteiger partial charge in [-0.1, -0.05) is 54.8 Å². The number of ether oxygens (including phenoxy) is 1. The first-order valence-corrected chi connectivity index (χ1v) is 12.5. The van der Waals surface area contributed by atoms with Crippen molar-refractivity contribution in [1.82, 2.24) is 0 Å². The lowest BCUT2D eigenvalue weighted by atomic mass is 10.1. The summed E-state index contributed by atoms with van der Waals surface area (Å²) in [6, 6.07) is 19.5. The van der Waals surface area contributed by atoms with Crippen molar-refractivity contribution >= 4 is 33.3 Å². The van der Waals surface area contributed by atoms with E-state index in [0.717, 1.165) is 31.2 Å². The molecule has 1 aliphatic rings. The van der Waals surface area contributed by atoms with Gasteiger partial charge in [-0.25, -0.2) is 13.2 Å². The molecule has 0 radical (unpaired) electrons. The molecule has 0 amide bonds. The predicted molar refractivity (Wildman–Crippen MR) is 128 cm³/mol. The Morgan fingerprint density at radius 1 is 1.00 bits per heavy atom. The second-order valence-electron chi connectivity index (χ2n) is 7.95. The molecule has 4 rings (SSSR count). The number of sulfonamides is 1. The average molecular weight is 486 g/mol. The zero-order valence-electron chi connectivity index (χ0n) is 17.9. The van der Waals surface area contributed by atoms with Crippen molar-refractivity contribution in [3.63, 3.8) is 0 Å². The molecule has 0 bridgehead atoms. The minimum atomic E-state index is -3.85. The molecular weight excluding hydrogens is 462 g/mol. The summed E-state index contributed by atoms with van der Waals surface area (Å²) in [5, 5.41) is 9.49. The first-order chi connectivity index (χ1) is 15.9. The van der Waals surface area contributed by atoms with Crippen molar-refractivity contribution in [2.75, 3.05) is 4.31 Å². The summed E-state index contributed by atoms with van der Waals surface area (Å²) in [6.45, 7) is 0.151. The number of halogens is 1. The van der Waals surface area contributed by atoms with Crippen LogP contribution in [0.5, 0.6) is 5.75 Å². The van der Waals surface area contributed by atoms with E-state index in [1.54, 1.807) is 60.7 Å². The Balaban J connectivity index is 1.70. The number of rotatable bonds is 8. The predicted octanol–water partition coefficient (Wildman–Crippen LogP) is 5.76. The van der Waals surface area contributed by atoms with E-state index in [-0.39, 0.29) is 23.1 Å². The van der Waals surface area contributed by atoms with Crippen molar-refractivity contribution in [2.45, 2.75) is 43.2 Å².